The summed E-state index contributed by atoms with van der Waals surface area (Å²) in [5, 5.41) is 5.04. The molecule has 2 atom stereocenters. The van der Waals surface area contributed by atoms with Crippen LogP contribution in [0.15, 0.2) is 35.5 Å². The largest absolute Gasteiger partial charge is 0.462 e. The molecule has 3 amide bonds. The highest BCUT2D eigenvalue weighted by Gasteiger charge is 2.42. The summed E-state index contributed by atoms with van der Waals surface area (Å²) >= 11 is 0. The number of halogens is 2. The predicted octanol–water partition coefficient (Wildman–Crippen LogP) is 3.83. The molecule has 2 aliphatic heterocycles. The highest BCUT2D eigenvalue weighted by atomic mass is 19.2. The number of hydrogen-bond donors (Lipinski definition) is 3. The molecule has 4 aromatic heterocycles. The van der Waals surface area contributed by atoms with Gasteiger partial charge in [0.05, 0.1) is 46.2 Å². The molecule has 5 aromatic rings. The van der Waals surface area contributed by atoms with Gasteiger partial charge in [-0.2, -0.15) is 0 Å². The molecule has 58 heavy (non-hydrogen) atoms. The van der Waals surface area contributed by atoms with E-state index < -0.39 is 59.6 Å². The van der Waals surface area contributed by atoms with E-state index in [9.17, 15) is 24.0 Å². The first-order valence-corrected chi connectivity index (χ1v) is 18.9. The first kappa shape index (κ1) is 40.0. The van der Waals surface area contributed by atoms with Gasteiger partial charge in [0.15, 0.2) is 11.6 Å². The van der Waals surface area contributed by atoms with E-state index >= 15 is 8.78 Å². The maximum absolute atomic E-state index is 16.4. The SMILES string of the molecule is CCOC(=O)c1cn(C)c2ncc(-c3cnc4[nH]c5c(N(C)C(=O)CNC(=O)CNC(=O)OC(C)(C)C)cc(F)c(F)c5c4c3N3CC[C@H]4CN(C)C[C@H]43)cc2c1=O. The molecule has 0 spiro atoms. The van der Waals surface area contributed by atoms with Crippen LogP contribution >= 0.6 is 0 Å². The molecule has 1 aromatic carbocycles. The number of fused-ring (bicyclic) bond motifs is 5. The number of rotatable bonds is 9. The third-order valence-electron chi connectivity index (χ3n) is 10.5. The number of ether oxygens (including phenoxy) is 2. The third kappa shape index (κ3) is 7.39. The number of alkyl carbamates (subject to hydrolysis) is 1. The lowest BCUT2D eigenvalue weighted by Gasteiger charge is -2.29. The number of anilines is 2. The standard InChI is InChI=1S/C40H45F2N9O7/c1-8-57-38(55)24-18-49(6)37-22(35(24)54)11-21(13-45-37)23-14-44-36-31(34(23)51-10-9-20-17-48(5)19-27(20)51)30-32(42)25(41)12-26(33(30)47-36)50(7)29(53)16-43-28(52)15-46-39(56)58-40(2,3)4/h11-14,18,20,27H,8-10,15-17,19H2,1-7H3,(H,43,52)(H,44,47)(H,46,56)/t20-,27+/m0/s1. The van der Waals surface area contributed by atoms with Gasteiger partial charge in [-0.3, -0.25) is 14.4 Å². The van der Waals surface area contributed by atoms with Crippen LogP contribution in [-0.2, 0) is 26.1 Å². The molecule has 7 rings (SSSR count). The molecular formula is C40H45F2N9O7. The van der Waals surface area contributed by atoms with Crippen molar-refractivity contribution in [1.82, 2.24) is 35.1 Å². The van der Waals surface area contributed by atoms with Crippen LogP contribution in [0.5, 0.6) is 0 Å². The average molecular weight is 802 g/mol. The fraction of sp³-hybridized carbons (Fsp3) is 0.425. The number of aryl methyl sites for hydroxylation is 1. The Balaban J connectivity index is 1.33. The van der Waals surface area contributed by atoms with Crippen molar-refractivity contribution in [3.05, 3.63) is 58.1 Å². The van der Waals surface area contributed by atoms with Crippen LogP contribution in [0.4, 0.5) is 25.0 Å². The molecule has 18 heteroatoms. The summed E-state index contributed by atoms with van der Waals surface area (Å²) in [4.78, 5) is 82.3. The molecular weight excluding hydrogens is 756 g/mol. The number of nitrogens with one attached hydrogen (secondary N) is 3. The number of hydrogen-bond acceptors (Lipinski definition) is 11. The maximum atomic E-state index is 16.4. The summed E-state index contributed by atoms with van der Waals surface area (Å²) in [6.45, 7) is 7.95. The zero-order valence-corrected chi connectivity index (χ0v) is 33.3. The number of aromatic nitrogens is 4. The molecule has 0 saturated carbocycles. The average Bonchev–Trinajstić information content (AvgIpc) is 3.86. The van der Waals surface area contributed by atoms with Gasteiger partial charge in [-0.1, -0.05) is 0 Å². The number of likely N-dealkylation sites (tertiary alicyclic amines) is 1. The zero-order chi connectivity index (χ0) is 41.8. The summed E-state index contributed by atoms with van der Waals surface area (Å²) in [6, 6.07) is 2.54. The lowest BCUT2D eigenvalue weighted by atomic mass is 9.99. The Morgan fingerprint density at radius 1 is 1.03 bits per heavy atom. The van der Waals surface area contributed by atoms with Crippen molar-refractivity contribution >= 4 is 68.2 Å². The van der Waals surface area contributed by atoms with Crippen LogP contribution in [0.1, 0.15) is 44.5 Å². The van der Waals surface area contributed by atoms with Gasteiger partial charge in [-0.25, -0.2) is 28.3 Å². The summed E-state index contributed by atoms with van der Waals surface area (Å²) in [5.41, 5.74) is 0.651. The normalized spacial score (nSPS) is 16.9. The second-order valence-electron chi connectivity index (χ2n) is 15.7. The van der Waals surface area contributed by atoms with E-state index in [1.54, 1.807) is 57.8 Å². The molecule has 3 N–H and O–H groups in total. The number of likely N-dealkylation sites (N-methyl/N-ethyl adjacent to an activating group) is 2. The van der Waals surface area contributed by atoms with Crippen LogP contribution in [-0.4, -0.2) is 113 Å². The van der Waals surface area contributed by atoms with Crippen molar-refractivity contribution in [2.24, 2.45) is 13.0 Å². The molecule has 306 valence electrons. The number of carbonyl (C=O) groups excluding carboxylic acids is 4. The van der Waals surface area contributed by atoms with Gasteiger partial charge in [0.2, 0.25) is 17.2 Å². The summed E-state index contributed by atoms with van der Waals surface area (Å²) in [7, 11) is 5.07. The van der Waals surface area contributed by atoms with E-state index in [4.69, 9.17) is 9.47 Å². The molecule has 2 aliphatic rings. The van der Waals surface area contributed by atoms with Crippen LogP contribution in [0.3, 0.4) is 0 Å². The molecule has 0 aliphatic carbocycles. The fourth-order valence-corrected chi connectivity index (χ4v) is 7.97. The Labute approximate surface area is 331 Å². The van der Waals surface area contributed by atoms with Crippen LogP contribution in [0.2, 0.25) is 0 Å². The van der Waals surface area contributed by atoms with Gasteiger partial charge in [0, 0.05) is 75.6 Å². The van der Waals surface area contributed by atoms with Gasteiger partial charge < -0.3 is 44.4 Å². The fourth-order valence-electron chi connectivity index (χ4n) is 7.97. The first-order chi connectivity index (χ1) is 27.5. The third-order valence-corrected chi connectivity index (χ3v) is 10.5. The van der Waals surface area contributed by atoms with Gasteiger partial charge in [-0.15, -0.1) is 0 Å². The minimum Gasteiger partial charge on any atom is -0.462 e. The number of pyridine rings is 3. The van der Waals surface area contributed by atoms with E-state index in [-0.39, 0.29) is 51.2 Å². The topological polar surface area (TPSA) is 184 Å². The molecule has 2 saturated heterocycles. The second kappa shape index (κ2) is 15.3. The second-order valence-corrected chi connectivity index (χ2v) is 15.7. The van der Waals surface area contributed by atoms with Gasteiger partial charge in [-0.05, 0) is 53.1 Å². The van der Waals surface area contributed by atoms with Crippen molar-refractivity contribution in [1.29, 1.82) is 0 Å². The number of carbonyl (C=O) groups is 4. The van der Waals surface area contributed by atoms with Crippen LogP contribution < -0.4 is 25.9 Å². The molecule has 0 bridgehead atoms. The van der Waals surface area contributed by atoms with Crippen molar-refractivity contribution in [3.63, 3.8) is 0 Å². The van der Waals surface area contributed by atoms with E-state index in [1.807, 2.05) is 7.05 Å². The number of nitrogens with zero attached hydrogens (tertiary/aromatic N) is 6. The number of aromatic amines is 1. The van der Waals surface area contributed by atoms with Gasteiger partial charge in [0.25, 0.3) is 0 Å². The monoisotopic (exact) mass is 801 g/mol. The highest BCUT2D eigenvalue weighted by Crippen LogP contribution is 2.47. The van der Waals surface area contributed by atoms with Crippen LogP contribution in [0, 0.1) is 17.6 Å². The molecule has 2 fully saturated rings. The minimum atomic E-state index is -1.22. The summed E-state index contributed by atoms with van der Waals surface area (Å²) < 4.78 is 44.0. The van der Waals surface area contributed by atoms with Crippen molar-refractivity contribution < 1.29 is 37.4 Å². The highest BCUT2D eigenvalue weighted by molar-refractivity contribution is 6.19. The Kier molecular flexibility index (Phi) is 10.6. The maximum Gasteiger partial charge on any atom is 0.408 e. The summed E-state index contributed by atoms with van der Waals surface area (Å²) in [6.07, 6.45) is 4.59. The first-order valence-electron chi connectivity index (χ1n) is 18.9. The Hall–Kier alpha value is -6.17. The molecule has 0 unspecified atom stereocenters. The number of amides is 3. The Morgan fingerprint density at radius 2 is 1.79 bits per heavy atom. The Bertz CT molecular complexity index is 2570. The van der Waals surface area contributed by atoms with E-state index in [1.165, 1.54) is 13.2 Å². The summed E-state index contributed by atoms with van der Waals surface area (Å²) in [5.74, 6) is -4.16. The predicted molar refractivity (Wildman–Crippen MR) is 213 cm³/mol. The van der Waals surface area contributed by atoms with E-state index in [2.05, 4.69) is 35.4 Å². The zero-order valence-electron chi connectivity index (χ0n) is 33.3. The number of H-pyrrole nitrogens is 1. The smallest absolute Gasteiger partial charge is 0.408 e. The molecule has 0 radical (unpaired) electrons. The lowest BCUT2D eigenvalue weighted by Crippen LogP contribution is -2.43. The minimum absolute atomic E-state index is 0.00668. The molecule has 16 nitrogen and oxygen atoms in total. The van der Waals surface area contributed by atoms with Gasteiger partial charge in [0.1, 0.15) is 29.0 Å². The van der Waals surface area contributed by atoms with Crippen molar-refractivity contribution in [2.75, 3.05) is 63.2 Å². The Morgan fingerprint density at radius 3 is 2.52 bits per heavy atom. The van der Waals surface area contributed by atoms with Crippen LogP contribution in [0.25, 0.3) is 44.1 Å². The van der Waals surface area contributed by atoms with E-state index in [0.717, 1.165) is 23.9 Å². The lowest BCUT2D eigenvalue weighted by molar-refractivity contribution is -0.124. The molecule has 6 heterocycles. The quantitative estimate of drug-likeness (QED) is 0.184. The van der Waals surface area contributed by atoms with E-state index in [0.29, 0.717) is 41.5 Å². The van der Waals surface area contributed by atoms with Crippen molar-refractivity contribution in [3.8, 4) is 11.1 Å². The number of benzene rings is 1. The van der Waals surface area contributed by atoms with Gasteiger partial charge >= 0.3 is 12.1 Å². The number of esters is 1. The van der Waals surface area contributed by atoms with Crippen molar-refractivity contribution in [2.45, 2.75) is 45.8 Å².